The predicted molar refractivity (Wildman–Crippen MR) is 34.0 cm³/mol. The summed E-state index contributed by atoms with van der Waals surface area (Å²) in [4.78, 5) is 1.63. The summed E-state index contributed by atoms with van der Waals surface area (Å²) in [5, 5.41) is 0. The molecule has 4 heteroatoms. The van der Waals surface area contributed by atoms with Crippen molar-refractivity contribution in [3.8, 4) is 0 Å². The van der Waals surface area contributed by atoms with Gasteiger partial charge in [0.15, 0.2) is 0 Å². The molecule has 0 amide bonds. The van der Waals surface area contributed by atoms with Gasteiger partial charge in [-0.2, -0.15) is 0 Å². The molecule has 2 nitrogen and oxygen atoms in total. The Bertz CT molecular complexity index is 116. The summed E-state index contributed by atoms with van der Waals surface area (Å²) in [6.07, 6.45) is -0.0347. The van der Waals surface area contributed by atoms with E-state index < -0.39 is 5.92 Å². The molecule has 1 aliphatic rings. The number of alkyl halides is 2. The van der Waals surface area contributed by atoms with Gasteiger partial charge in [-0.05, 0) is 0 Å². The highest BCUT2D eigenvalue weighted by Gasteiger charge is 2.37. The molecule has 0 atom stereocenters. The Hall–Kier alpha value is -0.220. The number of hydrogen-bond donors (Lipinski definition) is 0. The largest absolute Gasteiger partial charge is 0.296 e. The molecule has 0 aliphatic carbocycles. The van der Waals surface area contributed by atoms with Crippen molar-refractivity contribution in [2.45, 2.75) is 12.3 Å². The van der Waals surface area contributed by atoms with Gasteiger partial charge >= 0.3 is 0 Å². The van der Waals surface area contributed by atoms with Crippen molar-refractivity contribution in [1.29, 1.82) is 0 Å². The molecule has 0 saturated carbocycles. The summed E-state index contributed by atoms with van der Waals surface area (Å²) in [5.74, 6) is -2.49. The average Bonchev–Trinajstić information content (AvgIpc) is 2.12. The minimum atomic E-state index is -2.49. The van der Waals surface area contributed by atoms with Crippen LogP contribution >= 0.6 is 0 Å². The smallest absolute Gasteiger partial charge is 0.261 e. The van der Waals surface area contributed by atoms with E-state index in [0.717, 1.165) is 0 Å². The fraction of sp³-hybridized carbons (Fsp3) is 1.00. The van der Waals surface area contributed by atoms with E-state index >= 15 is 0 Å². The molecular weight excluding hydrogens is 138 g/mol. The molecule has 1 rings (SSSR count). The van der Waals surface area contributed by atoms with E-state index in [0.29, 0.717) is 13.1 Å². The maximum absolute atomic E-state index is 12.4. The van der Waals surface area contributed by atoms with Gasteiger partial charge in [-0.15, -0.1) is 0 Å². The van der Waals surface area contributed by atoms with Crippen LogP contribution in [0.4, 0.5) is 8.78 Å². The highest BCUT2D eigenvalue weighted by Crippen LogP contribution is 2.25. The van der Waals surface area contributed by atoms with Crippen LogP contribution in [0.25, 0.3) is 0 Å². The van der Waals surface area contributed by atoms with Gasteiger partial charge < -0.3 is 0 Å². The van der Waals surface area contributed by atoms with Crippen molar-refractivity contribution in [3.63, 3.8) is 0 Å². The molecule has 1 heterocycles. The van der Waals surface area contributed by atoms with E-state index in [1.165, 1.54) is 0 Å². The van der Waals surface area contributed by atoms with Crippen LogP contribution in [0.1, 0.15) is 6.42 Å². The molecule has 0 aromatic carbocycles. The zero-order chi connectivity index (χ0) is 7.61. The first-order valence-corrected chi connectivity index (χ1v) is 3.39. The van der Waals surface area contributed by atoms with Gasteiger partial charge in [0, 0.05) is 26.1 Å². The first-order valence-electron chi connectivity index (χ1n) is 3.39. The van der Waals surface area contributed by atoms with Gasteiger partial charge in [0.25, 0.3) is 5.92 Å². The van der Waals surface area contributed by atoms with Gasteiger partial charge in [-0.1, -0.05) is 0 Å². The molecule has 1 saturated heterocycles. The van der Waals surface area contributed by atoms with Gasteiger partial charge in [0.1, 0.15) is 0 Å². The summed E-state index contributed by atoms with van der Waals surface area (Å²) in [6, 6.07) is 0. The highest BCUT2D eigenvalue weighted by molar-refractivity contribution is 4.81. The lowest BCUT2D eigenvalue weighted by Crippen LogP contribution is -2.28. The monoisotopic (exact) mass is 149 g/mol. The lowest BCUT2D eigenvalue weighted by molar-refractivity contribution is 0.0125. The standard InChI is InChI=1S/C6H11F2N2/c7-6(8)1-3-10(5-6)4-2-9/h9H,1-5H2. The van der Waals surface area contributed by atoms with E-state index in [-0.39, 0.29) is 19.5 Å². The third kappa shape index (κ3) is 1.88. The summed E-state index contributed by atoms with van der Waals surface area (Å²) in [5.41, 5.74) is 6.81. The normalized spacial score (nSPS) is 25.5. The third-order valence-electron chi connectivity index (χ3n) is 1.68. The summed E-state index contributed by atoms with van der Waals surface area (Å²) in [7, 11) is 0. The topological polar surface area (TPSA) is 27.0 Å². The van der Waals surface area contributed by atoms with Crippen LogP contribution in [0.2, 0.25) is 0 Å². The summed E-state index contributed by atoms with van der Waals surface area (Å²) < 4.78 is 24.8. The van der Waals surface area contributed by atoms with Crippen LogP contribution in [0.15, 0.2) is 0 Å². The Morgan fingerprint density at radius 3 is 2.60 bits per heavy atom. The quantitative estimate of drug-likeness (QED) is 0.565. The zero-order valence-corrected chi connectivity index (χ0v) is 5.74. The van der Waals surface area contributed by atoms with E-state index in [1.54, 1.807) is 4.90 Å². The van der Waals surface area contributed by atoms with Crippen LogP contribution in [-0.2, 0) is 0 Å². The Balaban J connectivity index is 2.29. The number of nitrogens with one attached hydrogen (secondary N) is 1. The Morgan fingerprint density at radius 1 is 1.50 bits per heavy atom. The fourth-order valence-electron chi connectivity index (χ4n) is 1.16. The second-order valence-electron chi connectivity index (χ2n) is 2.63. The molecule has 1 radical (unpaired) electrons. The third-order valence-corrected chi connectivity index (χ3v) is 1.68. The first-order chi connectivity index (χ1) is 4.64. The minimum absolute atomic E-state index is 0.0347. The van der Waals surface area contributed by atoms with Crippen LogP contribution in [0, 0.1) is 0 Å². The molecule has 59 valence electrons. The molecule has 0 bridgehead atoms. The van der Waals surface area contributed by atoms with Crippen molar-refractivity contribution in [3.05, 3.63) is 0 Å². The van der Waals surface area contributed by atoms with E-state index in [9.17, 15) is 8.78 Å². The van der Waals surface area contributed by atoms with E-state index in [1.807, 2.05) is 0 Å². The van der Waals surface area contributed by atoms with Crippen LogP contribution < -0.4 is 5.73 Å². The number of nitrogens with zero attached hydrogens (tertiary/aromatic N) is 1. The summed E-state index contributed by atoms with van der Waals surface area (Å²) >= 11 is 0. The van der Waals surface area contributed by atoms with Crippen LogP contribution in [0.3, 0.4) is 0 Å². The fourth-order valence-corrected chi connectivity index (χ4v) is 1.16. The molecule has 0 unspecified atom stereocenters. The van der Waals surface area contributed by atoms with Crippen molar-refractivity contribution < 1.29 is 8.78 Å². The molecule has 1 aliphatic heterocycles. The first kappa shape index (κ1) is 7.88. The van der Waals surface area contributed by atoms with Crippen LogP contribution in [-0.4, -0.2) is 37.0 Å². The van der Waals surface area contributed by atoms with Gasteiger partial charge in [-0.3, -0.25) is 10.6 Å². The Kier molecular flexibility index (Phi) is 2.21. The second-order valence-corrected chi connectivity index (χ2v) is 2.63. The minimum Gasteiger partial charge on any atom is -0.296 e. The van der Waals surface area contributed by atoms with E-state index in [4.69, 9.17) is 5.73 Å². The van der Waals surface area contributed by atoms with Crippen molar-refractivity contribution >= 4 is 0 Å². The van der Waals surface area contributed by atoms with Crippen molar-refractivity contribution in [2.24, 2.45) is 0 Å². The van der Waals surface area contributed by atoms with E-state index in [2.05, 4.69) is 0 Å². The van der Waals surface area contributed by atoms with Gasteiger partial charge in [-0.25, -0.2) is 8.78 Å². The molecule has 10 heavy (non-hydrogen) atoms. The molecule has 0 spiro atoms. The molecular formula is C6H11F2N2. The predicted octanol–water partition coefficient (Wildman–Crippen LogP) is 0.610. The number of hydrogen-bond acceptors (Lipinski definition) is 1. The SMILES string of the molecule is [NH]CCN1CCC(F)(F)C1. The molecule has 0 aromatic heterocycles. The second kappa shape index (κ2) is 2.80. The lowest BCUT2D eigenvalue weighted by atomic mass is 10.3. The van der Waals surface area contributed by atoms with Crippen LogP contribution in [0.5, 0.6) is 0 Å². The maximum Gasteiger partial charge on any atom is 0.261 e. The number of rotatable bonds is 2. The molecule has 0 aromatic rings. The highest BCUT2D eigenvalue weighted by atomic mass is 19.3. The van der Waals surface area contributed by atoms with Crippen molar-refractivity contribution in [1.82, 2.24) is 10.6 Å². The zero-order valence-electron chi connectivity index (χ0n) is 5.74. The lowest BCUT2D eigenvalue weighted by Gasteiger charge is -2.12. The Morgan fingerprint density at radius 2 is 2.20 bits per heavy atom. The number of likely N-dealkylation sites (tertiary alicyclic amines) is 1. The van der Waals surface area contributed by atoms with Crippen molar-refractivity contribution in [2.75, 3.05) is 26.2 Å². The number of halogens is 2. The Labute approximate surface area is 59.0 Å². The maximum atomic E-state index is 12.4. The molecule has 1 N–H and O–H groups in total. The van der Waals surface area contributed by atoms with Gasteiger partial charge in [0.05, 0.1) is 6.54 Å². The molecule has 1 fully saturated rings. The van der Waals surface area contributed by atoms with Gasteiger partial charge in [0.2, 0.25) is 0 Å². The summed E-state index contributed by atoms with van der Waals surface area (Å²) in [6.45, 7) is 1.00. The average molecular weight is 149 g/mol.